The topological polar surface area (TPSA) is 151 Å². The van der Waals surface area contributed by atoms with Gasteiger partial charge in [0.15, 0.2) is 11.8 Å². The zero-order valence-electron chi connectivity index (χ0n) is 10.9. The number of methoxy groups -OCH3 is 1. The number of aliphatic hydroxyl groups is 1. The molecule has 10 nitrogen and oxygen atoms in total. The minimum Gasteiger partial charge on any atom is -0.490 e. The van der Waals surface area contributed by atoms with E-state index in [2.05, 4.69) is 5.32 Å². The number of nitro groups is 1. The second-order valence-corrected chi connectivity index (χ2v) is 3.82. The Morgan fingerprint density at radius 2 is 2.14 bits per heavy atom. The zero-order chi connectivity index (χ0) is 16.0. The molecule has 0 saturated carbocycles. The van der Waals surface area contributed by atoms with Gasteiger partial charge in [0.2, 0.25) is 0 Å². The van der Waals surface area contributed by atoms with Crippen molar-refractivity contribution in [3.05, 3.63) is 28.3 Å². The largest absolute Gasteiger partial charge is 0.490 e. The maximum absolute atomic E-state index is 11.5. The van der Waals surface area contributed by atoms with E-state index < -0.39 is 29.6 Å². The van der Waals surface area contributed by atoms with Gasteiger partial charge in [0, 0.05) is 11.8 Å². The molecule has 10 heteroatoms. The fourth-order valence-corrected chi connectivity index (χ4v) is 1.42. The average Bonchev–Trinajstić information content (AvgIpc) is 2.44. The van der Waals surface area contributed by atoms with Gasteiger partial charge in [0.05, 0.1) is 18.6 Å². The van der Waals surface area contributed by atoms with Gasteiger partial charge in [-0.25, -0.2) is 9.59 Å². The van der Waals surface area contributed by atoms with Crippen molar-refractivity contribution in [1.82, 2.24) is 5.32 Å². The smallest absolute Gasteiger partial charge is 0.328 e. The Hall–Kier alpha value is -2.88. The molecule has 114 valence electrons. The number of benzene rings is 1. The monoisotopic (exact) mass is 299 g/mol. The van der Waals surface area contributed by atoms with Gasteiger partial charge in [-0.15, -0.1) is 0 Å². The first-order valence-electron chi connectivity index (χ1n) is 5.62. The summed E-state index contributed by atoms with van der Waals surface area (Å²) in [6.07, 6.45) is 0. The third-order valence-corrected chi connectivity index (χ3v) is 2.42. The summed E-state index contributed by atoms with van der Waals surface area (Å²) in [6, 6.07) is 1.30. The summed E-state index contributed by atoms with van der Waals surface area (Å²) in [7, 11) is 1.26. The molecule has 0 bridgehead atoms. The van der Waals surface area contributed by atoms with E-state index in [0.717, 1.165) is 6.07 Å². The summed E-state index contributed by atoms with van der Waals surface area (Å²) in [6.45, 7) is -0.786. The van der Waals surface area contributed by atoms with Gasteiger partial charge < -0.3 is 25.6 Å². The molecule has 0 fully saturated rings. The van der Waals surface area contributed by atoms with E-state index in [1.54, 1.807) is 0 Å². The fraction of sp³-hybridized carbons (Fsp3) is 0.273. The minimum absolute atomic E-state index is 0.0183. The molecule has 2 amide bonds. The van der Waals surface area contributed by atoms with Crippen LogP contribution in [0.4, 0.5) is 16.2 Å². The fourth-order valence-electron chi connectivity index (χ4n) is 1.42. The molecule has 0 aliphatic carbocycles. The molecule has 0 radical (unpaired) electrons. The van der Waals surface area contributed by atoms with Crippen molar-refractivity contribution in [1.29, 1.82) is 0 Å². The van der Waals surface area contributed by atoms with E-state index in [1.165, 1.54) is 19.2 Å². The molecular weight excluding hydrogens is 286 g/mol. The van der Waals surface area contributed by atoms with Gasteiger partial charge in [-0.2, -0.15) is 0 Å². The highest BCUT2D eigenvalue weighted by atomic mass is 16.6. The normalized spacial score (nSPS) is 11.3. The summed E-state index contributed by atoms with van der Waals surface area (Å²) in [5.41, 5.74) is -0.283. The summed E-state index contributed by atoms with van der Waals surface area (Å²) < 4.78 is 4.80. The Labute approximate surface area is 118 Å². The van der Waals surface area contributed by atoms with Crippen LogP contribution in [-0.4, -0.2) is 46.9 Å². The summed E-state index contributed by atoms with van der Waals surface area (Å²) in [4.78, 5) is 32.3. The van der Waals surface area contributed by atoms with E-state index in [-0.39, 0.29) is 17.1 Å². The first-order chi connectivity index (χ1) is 9.88. The second kappa shape index (κ2) is 7.05. The van der Waals surface area contributed by atoms with Gasteiger partial charge in [0.25, 0.3) is 0 Å². The molecule has 1 atom stereocenters. The molecule has 1 aromatic carbocycles. The van der Waals surface area contributed by atoms with Gasteiger partial charge in [0.1, 0.15) is 0 Å². The number of aliphatic carboxylic acids is 1. The Balaban J connectivity index is 2.83. The third-order valence-electron chi connectivity index (χ3n) is 2.42. The summed E-state index contributed by atoms with van der Waals surface area (Å²) in [5.74, 6) is -1.39. The van der Waals surface area contributed by atoms with Crippen LogP contribution in [0.1, 0.15) is 0 Å². The quantitative estimate of drug-likeness (QED) is 0.431. The number of carbonyl (C=O) groups is 2. The van der Waals surface area contributed by atoms with Gasteiger partial charge in [-0.05, 0) is 12.1 Å². The number of carbonyl (C=O) groups excluding carboxylic acids is 1. The molecule has 1 aromatic rings. The lowest BCUT2D eigenvalue weighted by atomic mass is 10.2. The molecule has 0 saturated heterocycles. The number of urea groups is 1. The van der Waals surface area contributed by atoms with Crippen molar-refractivity contribution in [2.75, 3.05) is 19.0 Å². The first kappa shape index (κ1) is 16.2. The number of carboxylic acid groups (broad SMARTS) is 1. The lowest BCUT2D eigenvalue weighted by Crippen LogP contribution is -2.45. The number of ether oxygens (including phenoxy) is 1. The van der Waals surface area contributed by atoms with E-state index in [0.29, 0.717) is 0 Å². The average molecular weight is 299 g/mol. The molecule has 0 spiro atoms. The van der Waals surface area contributed by atoms with Crippen LogP contribution in [0.2, 0.25) is 0 Å². The lowest BCUT2D eigenvalue weighted by Gasteiger charge is -2.12. The first-order valence-corrected chi connectivity index (χ1v) is 5.62. The molecule has 4 N–H and O–H groups in total. The van der Waals surface area contributed by atoms with E-state index in [9.17, 15) is 19.7 Å². The third kappa shape index (κ3) is 4.31. The Kier molecular flexibility index (Phi) is 5.43. The number of rotatable bonds is 6. The van der Waals surface area contributed by atoms with Crippen LogP contribution in [-0.2, 0) is 4.79 Å². The SMILES string of the molecule is COc1ccc(NC(=O)NC(CO)C(=O)O)cc1[N+](=O)[O-]. The van der Waals surface area contributed by atoms with E-state index in [4.69, 9.17) is 14.9 Å². The van der Waals surface area contributed by atoms with E-state index in [1.807, 2.05) is 5.32 Å². The van der Waals surface area contributed by atoms with Gasteiger partial charge in [-0.1, -0.05) is 0 Å². The number of amides is 2. The standard InChI is InChI=1S/C11H13N3O7/c1-21-9-3-2-6(4-8(9)14(19)20)12-11(18)13-7(5-15)10(16)17/h2-4,7,15H,5H2,1H3,(H,16,17)(H2,12,13,18). The number of carboxylic acids is 1. The highest BCUT2D eigenvalue weighted by molar-refractivity contribution is 5.92. The molecular formula is C11H13N3O7. The Morgan fingerprint density at radius 1 is 1.48 bits per heavy atom. The number of anilines is 1. The molecule has 1 unspecified atom stereocenters. The van der Waals surface area contributed by atoms with Crippen LogP contribution in [0.3, 0.4) is 0 Å². The number of aliphatic hydroxyl groups excluding tert-OH is 1. The van der Waals surface area contributed by atoms with Crippen LogP contribution < -0.4 is 15.4 Å². The second-order valence-electron chi connectivity index (χ2n) is 3.82. The Bertz CT molecular complexity index is 561. The number of nitrogens with zero attached hydrogens (tertiary/aromatic N) is 1. The van der Waals surface area contributed by atoms with Crippen LogP contribution in [0.5, 0.6) is 5.75 Å². The Morgan fingerprint density at radius 3 is 2.62 bits per heavy atom. The maximum Gasteiger partial charge on any atom is 0.328 e. The zero-order valence-corrected chi connectivity index (χ0v) is 10.9. The molecule has 21 heavy (non-hydrogen) atoms. The summed E-state index contributed by atoms with van der Waals surface area (Å²) >= 11 is 0. The number of nitro benzene ring substituents is 1. The van der Waals surface area contributed by atoms with Crippen LogP contribution in [0, 0.1) is 10.1 Å². The van der Waals surface area contributed by atoms with Gasteiger partial charge in [-0.3, -0.25) is 10.1 Å². The van der Waals surface area contributed by atoms with Crippen molar-refractivity contribution >= 4 is 23.4 Å². The van der Waals surface area contributed by atoms with Crippen LogP contribution in [0.25, 0.3) is 0 Å². The van der Waals surface area contributed by atoms with E-state index >= 15 is 0 Å². The number of hydrogen-bond donors (Lipinski definition) is 4. The predicted octanol–water partition coefficient (Wildman–Crippen LogP) is 0.170. The number of nitrogens with one attached hydrogen (secondary N) is 2. The minimum atomic E-state index is -1.47. The molecule has 0 aromatic heterocycles. The highest BCUT2D eigenvalue weighted by Gasteiger charge is 2.20. The number of hydrogen-bond acceptors (Lipinski definition) is 6. The van der Waals surface area contributed by atoms with Crippen molar-refractivity contribution in [3.8, 4) is 5.75 Å². The lowest BCUT2D eigenvalue weighted by molar-refractivity contribution is -0.385. The van der Waals surface area contributed by atoms with Crippen LogP contribution in [0.15, 0.2) is 18.2 Å². The van der Waals surface area contributed by atoms with Crippen molar-refractivity contribution < 1.29 is 29.5 Å². The highest BCUT2D eigenvalue weighted by Crippen LogP contribution is 2.29. The predicted molar refractivity (Wildman–Crippen MR) is 70.3 cm³/mol. The molecule has 0 aliphatic rings. The molecule has 1 rings (SSSR count). The maximum atomic E-state index is 11.5. The molecule has 0 aliphatic heterocycles. The van der Waals surface area contributed by atoms with Crippen molar-refractivity contribution in [2.45, 2.75) is 6.04 Å². The van der Waals surface area contributed by atoms with Gasteiger partial charge >= 0.3 is 17.7 Å². The molecule has 0 heterocycles. The van der Waals surface area contributed by atoms with Crippen molar-refractivity contribution in [2.24, 2.45) is 0 Å². The van der Waals surface area contributed by atoms with Crippen LogP contribution >= 0.6 is 0 Å². The summed E-state index contributed by atoms with van der Waals surface area (Å²) in [5, 5.41) is 32.5. The van der Waals surface area contributed by atoms with Crippen molar-refractivity contribution in [3.63, 3.8) is 0 Å².